The van der Waals surface area contributed by atoms with Crippen LogP contribution in [-0.4, -0.2) is 42.9 Å². The van der Waals surface area contributed by atoms with Crippen molar-refractivity contribution in [2.45, 2.75) is 25.3 Å². The van der Waals surface area contributed by atoms with Gasteiger partial charge in [0.15, 0.2) is 11.5 Å². The second-order valence-corrected chi connectivity index (χ2v) is 8.00. The summed E-state index contributed by atoms with van der Waals surface area (Å²) in [7, 11) is 3.39. The van der Waals surface area contributed by atoms with Crippen molar-refractivity contribution in [1.29, 1.82) is 0 Å². The lowest BCUT2D eigenvalue weighted by Crippen LogP contribution is -2.34. The van der Waals surface area contributed by atoms with E-state index in [1.807, 2.05) is 0 Å². The number of nitrogens with one attached hydrogen (secondary N) is 1. The minimum Gasteiger partial charge on any atom is -0.493 e. The van der Waals surface area contributed by atoms with Gasteiger partial charge in [-0.05, 0) is 54.3 Å². The minimum absolute atomic E-state index is 0.175. The molecule has 0 aromatic heterocycles. The predicted octanol–water partition coefficient (Wildman–Crippen LogP) is 4.19. The van der Waals surface area contributed by atoms with Gasteiger partial charge in [-0.3, -0.25) is 0 Å². The number of hydrogen-bond acceptors (Lipinski definition) is 5. The Morgan fingerprint density at radius 3 is 2.00 bits per heavy atom. The molecule has 0 spiro atoms. The molecular weight excluding hydrogens is 434 g/mol. The zero-order valence-electron chi connectivity index (χ0n) is 19.4. The second-order valence-electron chi connectivity index (χ2n) is 8.00. The van der Waals surface area contributed by atoms with E-state index >= 15 is 0 Å². The third-order valence-electron chi connectivity index (χ3n) is 5.85. The number of benzene rings is 3. The van der Waals surface area contributed by atoms with Crippen molar-refractivity contribution in [2.75, 3.05) is 20.8 Å². The fourth-order valence-electron chi connectivity index (χ4n) is 4.22. The molecular formula is C27H29NO6. The van der Waals surface area contributed by atoms with Gasteiger partial charge in [0, 0.05) is 12.0 Å². The minimum atomic E-state index is -1.82. The van der Waals surface area contributed by atoms with Crippen LogP contribution in [0.25, 0.3) is 0 Å². The number of carboxylic acids is 2. The third-order valence-corrected chi connectivity index (χ3v) is 5.85. The zero-order valence-corrected chi connectivity index (χ0v) is 19.4. The van der Waals surface area contributed by atoms with Crippen LogP contribution in [0.15, 0.2) is 66.7 Å². The van der Waals surface area contributed by atoms with Crippen LogP contribution in [0.4, 0.5) is 0 Å². The summed E-state index contributed by atoms with van der Waals surface area (Å²) in [5.74, 6) is -1.84. The fraction of sp³-hybridized carbons (Fsp3) is 0.259. The second kappa shape index (κ2) is 11.3. The van der Waals surface area contributed by atoms with E-state index in [0.29, 0.717) is 0 Å². The number of rotatable bonds is 5. The monoisotopic (exact) mass is 463 g/mol. The molecule has 0 radical (unpaired) electrons. The van der Waals surface area contributed by atoms with Gasteiger partial charge in [0.1, 0.15) is 0 Å². The molecule has 0 bridgehead atoms. The highest BCUT2D eigenvalue weighted by Gasteiger charge is 2.31. The maximum absolute atomic E-state index is 9.10. The van der Waals surface area contributed by atoms with Crippen LogP contribution in [0.1, 0.15) is 39.8 Å². The molecule has 178 valence electrons. The summed E-state index contributed by atoms with van der Waals surface area (Å²) in [5.41, 5.74) is 6.52. The Morgan fingerprint density at radius 1 is 0.882 bits per heavy atom. The lowest BCUT2D eigenvalue weighted by atomic mass is 9.78. The summed E-state index contributed by atoms with van der Waals surface area (Å²) in [4.78, 5) is 18.2. The first-order valence-electron chi connectivity index (χ1n) is 10.9. The maximum Gasteiger partial charge on any atom is 0.414 e. The SMILES string of the molecule is COc1cc2c(cc1OC)C(C(c1ccccc1)c1ccc(C)cc1)NCC2.O=C(O)C(=O)O. The molecule has 3 aromatic carbocycles. The van der Waals surface area contributed by atoms with E-state index in [1.165, 1.54) is 27.8 Å². The molecule has 0 amide bonds. The number of aryl methyl sites for hydroxylation is 1. The average molecular weight is 464 g/mol. The van der Waals surface area contributed by atoms with Gasteiger partial charge >= 0.3 is 11.9 Å². The quantitative estimate of drug-likeness (QED) is 0.488. The number of hydrogen-bond donors (Lipinski definition) is 3. The van der Waals surface area contributed by atoms with Crippen LogP contribution in [0.2, 0.25) is 0 Å². The first kappa shape index (κ1) is 24.8. The molecule has 3 N–H and O–H groups in total. The molecule has 2 unspecified atom stereocenters. The average Bonchev–Trinajstić information content (AvgIpc) is 2.85. The van der Waals surface area contributed by atoms with E-state index in [0.717, 1.165) is 24.5 Å². The van der Waals surface area contributed by atoms with Crippen LogP contribution >= 0.6 is 0 Å². The molecule has 4 rings (SSSR count). The van der Waals surface area contributed by atoms with Crippen LogP contribution in [0, 0.1) is 6.92 Å². The molecule has 2 atom stereocenters. The molecule has 1 aliphatic heterocycles. The Kier molecular flexibility index (Phi) is 8.27. The number of carboxylic acid groups (broad SMARTS) is 2. The van der Waals surface area contributed by atoms with E-state index in [-0.39, 0.29) is 12.0 Å². The first-order chi connectivity index (χ1) is 16.3. The van der Waals surface area contributed by atoms with Gasteiger partial charge in [-0.25, -0.2) is 9.59 Å². The van der Waals surface area contributed by atoms with Gasteiger partial charge < -0.3 is 25.0 Å². The van der Waals surface area contributed by atoms with E-state index in [9.17, 15) is 0 Å². The summed E-state index contributed by atoms with van der Waals surface area (Å²) in [6.07, 6.45) is 0.988. The smallest absolute Gasteiger partial charge is 0.414 e. The first-order valence-corrected chi connectivity index (χ1v) is 10.9. The predicted molar refractivity (Wildman–Crippen MR) is 129 cm³/mol. The lowest BCUT2D eigenvalue weighted by molar-refractivity contribution is -0.159. The van der Waals surface area contributed by atoms with Gasteiger partial charge in [0.05, 0.1) is 14.2 Å². The van der Waals surface area contributed by atoms with Gasteiger partial charge in [0.25, 0.3) is 0 Å². The molecule has 1 heterocycles. The topological polar surface area (TPSA) is 105 Å². The Labute approximate surface area is 199 Å². The van der Waals surface area contributed by atoms with Crippen LogP contribution in [-0.2, 0) is 16.0 Å². The zero-order chi connectivity index (χ0) is 24.7. The number of carbonyl (C=O) groups is 2. The molecule has 0 saturated heterocycles. The molecule has 0 fully saturated rings. The number of methoxy groups -OCH3 is 2. The number of aliphatic carboxylic acids is 2. The van der Waals surface area contributed by atoms with Crippen LogP contribution in [0.3, 0.4) is 0 Å². The van der Waals surface area contributed by atoms with Gasteiger partial charge in [-0.2, -0.15) is 0 Å². The van der Waals surface area contributed by atoms with Gasteiger partial charge in [-0.1, -0.05) is 60.2 Å². The van der Waals surface area contributed by atoms with E-state index in [2.05, 4.69) is 79.0 Å². The molecule has 1 aliphatic rings. The van der Waals surface area contributed by atoms with Crippen molar-refractivity contribution in [3.63, 3.8) is 0 Å². The fourth-order valence-corrected chi connectivity index (χ4v) is 4.22. The highest BCUT2D eigenvalue weighted by atomic mass is 16.5. The lowest BCUT2D eigenvalue weighted by Gasteiger charge is -2.35. The molecule has 0 aliphatic carbocycles. The van der Waals surface area contributed by atoms with Gasteiger partial charge in [-0.15, -0.1) is 0 Å². The van der Waals surface area contributed by atoms with Crippen molar-refractivity contribution < 1.29 is 29.3 Å². The van der Waals surface area contributed by atoms with Crippen molar-refractivity contribution in [1.82, 2.24) is 5.32 Å². The normalized spacial score (nSPS) is 15.2. The molecule has 3 aromatic rings. The summed E-state index contributed by atoms with van der Waals surface area (Å²) in [5, 5.41) is 18.6. The Hall–Kier alpha value is -3.84. The molecule has 34 heavy (non-hydrogen) atoms. The largest absolute Gasteiger partial charge is 0.493 e. The molecule has 7 nitrogen and oxygen atoms in total. The third kappa shape index (κ3) is 5.74. The molecule has 7 heteroatoms. The van der Waals surface area contributed by atoms with Crippen LogP contribution in [0.5, 0.6) is 11.5 Å². The Balaban J connectivity index is 0.000000481. The van der Waals surface area contributed by atoms with Gasteiger partial charge in [0.2, 0.25) is 0 Å². The number of ether oxygens (including phenoxy) is 2. The van der Waals surface area contributed by atoms with Crippen molar-refractivity contribution in [3.05, 3.63) is 94.5 Å². The van der Waals surface area contributed by atoms with Crippen molar-refractivity contribution in [3.8, 4) is 11.5 Å². The standard InChI is InChI=1S/C25H27NO2.C2H2O4/c1-17-9-11-19(12-10-17)24(18-7-5-4-6-8-18)25-21-16-23(28-3)22(27-2)15-20(21)13-14-26-25;3-1(4)2(5)6/h4-12,15-16,24-26H,13-14H2,1-3H3;(H,3,4)(H,5,6). The summed E-state index contributed by atoms with van der Waals surface area (Å²) >= 11 is 0. The maximum atomic E-state index is 9.10. The highest BCUT2D eigenvalue weighted by molar-refractivity contribution is 6.27. The van der Waals surface area contributed by atoms with E-state index in [4.69, 9.17) is 29.3 Å². The van der Waals surface area contributed by atoms with Crippen molar-refractivity contribution in [2.24, 2.45) is 0 Å². The summed E-state index contributed by atoms with van der Waals surface area (Å²) < 4.78 is 11.1. The molecule has 0 saturated carbocycles. The highest BCUT2D eigenvalue weighted by Crippen LogP contribution is 2.43. The summed E-state index contributed by atoms with van der Waals surface area (Å²) in [6.45, 7) is 3.08. The van der Waals surface area contributed by atoms with Crippen molar-refractivity contribution >= 4 is 11.9 Å². The Bertz CT molecular complexity index is 1120. The van der Waals surface area contributed by atoms with E-state index < -0.39 is 11.9 Å². The van der Waals surface area contributed by atoms with E-state index in [1.54, 1.807) is 14.2 Å². The number of fused-ring (bicyclic) bond motifs is 1. The summed E-state index contributed by atoms with van der Waals surface area (Å²) in [6, 6.07) is 24.1. The van der Waals surface area contributed by atoms with Crippen LogP contribution < -0.4 is 14.8 Å². The Morgan fingerprint density at radius 2 is 1.44 bits per heavy atom.